The van der Waals surface area contributed by atoms with Crippen LogP contribution in [0.25, 0.3) is 0 Å². The van der Waals surface area contributed by atoms with Crippen LogP contribution in [0.1, 0.15) is 15.9 Å². The molecule has 0 N–H and O–H groups in total. The van der Waals surface area contributed by atoms with Crippen molar-refractivity contribution < 1.29 is 19.0 Å². The first-order valence-corrected chi connectivity index (χ1v) is 7.14. The van der Waals surface area contributed by atoms with E-state index in [1.807, 2.05) is 0 Å². The number of benzene rings is 2. The summed E-state index contributed by atoms with van der Waals surface area (Å²) in [6.45, 7) is -0.0170. The average molecular weight is 341 g/mol. The Morgan fingerprint density at radius 3 is 2.05 bits per heavy atom. The van der Waals surface area contributed by atoms with Crippen LogP contribution in [0.2, 0.25) is 10.0 Å². The van der Waals surface area contributed by atoms with Crippen LogP contribution < -0.4 is 9.47 Å². The summed E-state index contributed by atoms with van der Waals surface area (Å²) >= 11 is 12.1. The summed E-state index contributed by atoms with van der Waals surface area (Å²) < 4.78 is 15.5. The van der Waals surface area contributed by atoms with Crippen molar-refractivity contribution in [2.24, 2.45) is 0 Å². The van der Waals surface area contributed by atoms with Crippen LogP contribution in [-0.2, 0) is 11.3 Å². The van der Waals surface area contributed by atoms with Gasteiger partial charge in [0.1, 0.15) is 18.1 Å². The van der Waals surface area contributed by atoms with Crippen LogP contribution in [-0.4, -0.2) is 20.2 Å². The number of esters is 1. The SMILES string of the molecule is COc1cc(OC)cc(C(=O)OCc2c(Cl)cccc2Cl)c1. The number of carbonyl (C=O) groups excluding carboxylic acids is 1. The second-order valence-corrected chi connectivity index (χ2v) is 5.19. The van der Waals surface area contributed by atoms with E-state index in [0.29, 0.717) is 32.7 Å². The van der Waals surface area contributed by atoms with Gasteiger partial charge in [0, 0.05) is 21.7 Å². The van der Waals surface area contributed by atoms with Gasteiger partial charge >= 0.3 is 5.97 Å². The third-order valence-corrected chi connectivity index (χ3v) is 3.70. The van der Waals surface area contributed by atoms with Gasteiger partial charge in [-0.25, -0.2) is 4.79 Å². The molecule has 0 aliphatic rings. The molecular formula is C16H14Cl2O4. The predicted octanol–water partition coefficient (Wildman–Crippen LogP) is 4.37. The highest BCUT2D eigenvalue weighted by Crippen LogP contribution is 2.26. The lowest BCUT2D eigenvalue weighted by atomic mass is 10.2. The van der Waals surface area contributed by atoms with Crippen LogP contribution in [0.15, 0.2) is 36.4 Å². The van der Waals surface area contributed by atoms with Gasteiger partial charge in [0.15, 0.2) is 0 Å². The molecule has 0 bridgehead atoms. The summed E-state index contributed by atoms with van der Waals surface area (Å²) in [6.07, 6.45) is 0. The normalized spacial score (nSPS) is 10.2. The van der Waals surface area contributed by atoms with Gasteiger partial charge < -0.3 is 14.2 Å². The third-order valence-electron chi connectivity index (χ3n) is 3.00. The molecule has 6 heteroatoms. The number of rotatable bonds is 5. The molecule has 22 heavy (non-hydrogen) atoms. The molecule has 0 radical (unpaired) electrons. The molecule has 0 fully saturated rings. The summed E-state index contributed by atoms with van der Waals surface area (Å²) in [6, 6.07) is 9.90. The first kappa shape index (κ1) is 16.5. The fourth-order valence-electron chi connectivity index (χ4n) is 1.82. The van der Waals surface area contributed by atoms with Gasteiger partial charge in [-0.1, -0.05) is 29.3 Å². The Kier molecular flexibility index (Phi) is 5.52. The third kappa shape index (κ3) is 3.84. The Hall–Kier alpha value is -1.91. The van der Waals surface area contributed by atoms with Gasteiger partial charge in [0.2, 0.25) is 0 Å². The summed E-state index contributed by atoms with van der Waals surface area (Å²) in [5, 5.41) is 0.895. The van der Waals surface area contributed by atoms with Crippen molar-refractivity contribution in [2.75, 3.05) is 14.2 Å². The first-order valence-electron chi connectivity index (χ1n) is 6.38. The molecule has 0 heterocycles. The van der Waals surface area contributed by atoms with E-state index >= 15 is 0 Å². The minimum atomic E-state index is -0.520. The molecule has 0 saturated heterocycles. The van der Waals surface area contributed by atoms with Crippen molar-refractivity contribution in [2.45, 2.75) is 6.61 Å². The molecule has 0 atom stereocenters. The van der Waals surface area contributed by atoms with Crippen molar-refractivity contribution in [3.05, 3.63) is 57.6 Å². The topological polar surface area (TPSA) is 44.8 Å². The summed E-state index contributed by atoms with van der Waals surface area (Å²) in [5.41, 5.74) is 0.883. The minimum Gasteiger partial charge on any atom is -0.497 e. The standard InChI is InChI=1S/C16H14Cl2O4/c1-20-11-6-10(7-12(8-11)21-2)16(19)22-9-13-14(17)4-3-5-15(13)18/h3-8H,9H2,1-2H3. The molecule has 0 aromatic heterocycles. The molecule has 0 unspecified atom stereocenters. The zero-order chi connectivity index (χ0) is 16.1. The molecule has 2 aromatic carbocycles. The van der Waals surface area contributed by atoms with Gasteiger partial charge in [-0.15, -0.1) is 0 Å². The zero-order valence-corrected chi connectivity index (χ0v) is 13.6. The Balaban J connectivity index is 2.16. The summed E-state index contributed by atoms with van der Waals surface area (Å²) in [7, 11) is 3.01. The summed E-state index contributed by atoms with van der Waals surface area (Å²) in [4.78, 5) is 12.2. The number of halogens is 2. The average Bonchev–Trinajstić information content (AvgIpc) is 2.53. The fourth-order valence-corrected chi connectivity index (χ4v) is 2.32. The van der Waals surface area contributed by atoms with Gasteiger partial charge in [0.25, 0.3) is 0 Å². The second kappa shape index (κ2) is 7.38. The number of hydrogen-bond acceptors (Lipinski definition) is 4. The van der Waals surface area contributed by atoms with Crippen molar-refractivity contribution in [3.63, 3.8) is 0 Å². The van der Waals surface area contributed by atoms with Crippen LogP contribution in [0.3, 0.4) is 0 Å². The largest absolute Gasteiger partial charge is 0.497 e. The van der Waals surface area contributed by atoms with Gasteiger partial charge in [-0.05, 0) is 24.3 Å². The van der Waals surface area contributed by atoms with Crippen LogP contribution in [0.5, 0.6) is 11.5 Å². The maximum Gasteiger partial charge on any atom is 0.338 e. The second-order valence-electron chi connectivity index (χ2n) is 4.38. The molecule has 0 amide bonds. The lowest BCUT2D eigenvalue weighted by Gasteiger charge is -2.10. The fraction of sp³-hybridized carbons (Fsp3) is 0.188. The van der Waals surface area contributed by atoms with E-state index < -0.39 is 5.97 Å². The zero-order valence-electron chi connectivity index (χ0n) is 12.1. The van der Waals surface area contributed by atoms with E-state index in [1.165, 1.54) is 14.2 Å². The van der Waals surface area contributed by atoms with Crippen molar-refractivity contribution in [1.29, 1.82) is 0 Å². The van der Waals surface area contributed by atoms with Crippen molar-refractivity contribution in [3.8, 4) is 11.5 Å². The molecule has 116 valence electrons. The van der Waals surface area contributed by atoms with Crippen LogP contribution in [0.4, 0.5) is 0 Å². The number of methoxy groups -OCH3 is 2. The predicted molar refractivity (Wildman–Crippen MR) is 85.1 cm³/mol. The molecule has 0 aliphatic carbocycles. The Morgan fingerprint density at radius 1 is 1.00 bits per heavy atom. The molecule has 0 saturated carbocycles. The van der Waals surface area contributed by atoms with Gasteiger partial charge in [-0.2, -0.15) is 0 Å². The smallest absolute Gasteiger partial charge is 0.338 e. The molecule has 2 rings (SSSR count). The lowest BCUT2D eigenvalue weighted by Crippen LogP contribution is -2.06. The number of ether oxygens (including phenoxy) is 3. The quantitative estimate of drug-likeness (QED) is 0.758. The van der Waals surface area contributed by atoms with E-state index in [4.69, 9.17) is 37.4 Å². The minimum absolute atomic E-state index is 0.0170. The number of carbonyl (C=O) groups is 1. The Labute approximate surface area is 138 Å². The molecular weight excluding hydrogens is 327 g/mol. The maximum atomic E-state index is 12.2. The molecule has 2 aromatic rings. The lowest BCUT2D eigenvalue weighted by molar-refractivity contribution is 0.0472. The molecule has 0 spiro atoms. The van der Waals surface area contributed by atoms with Crippen molar-refractivity contribution >= 4 is 29.2 Å². The monoisotopic (exact) mass is 340 g/mol. The maximum absolute atomic E-state index is 12.2. The summed E-state index contributed by atoms with van der Waals surface area (Å²) in [5.74, 6) is 0.484. The number of hydrogen-bond donors (Lipinski definition) is 0. The Bertz CT molecular complexity index is 643. The van der Waals surface area contributed by atoms with Crippen LogP contribution >= 0.6 is 23.2 Å². The first-order chi connectivity index (χ1) is 10.5. The van der Waals surface area contributed by atoms with E-state index in [0.717, 1.165) is 0 Å². The highest BCUT2D eigenvalue weighted by atomic mass is 35.5. The highest BCUT2D eigenvalue weighted by Gasteiger charge is 2.13. The van der Waals surface area contributed by atoms with Crippen LogP contribution in [0, 0.1) is 0 Å². The highest BCUT2D eigenvalue weighted by molar-refractivity contribution is 6.35. The molecule has 4 nitrogen and oxygen atoms in total. The van der Waals surface area contributed by atoms with E-state index in [2.05, 4.69) is 0 Å². The van der Waals surface area contributed by atoms with Gasteiger partial charge in [0.05, 0.1) is 19.8 Å². The van der Waals surface area contributed by atoms with E-state index in [9.17, 15) is 4.79 Å². The molecule has 0 aliphatic heterocycles. The van der Waals surface area contributed by atoms with Gasteiger partial charge in [-0.3, -0.25) is 0 Å². The Morgan fingerprint density at radius 2 is 1.55 bits per heavy atom. The van der Waals surface area contributed by atoms with E-state index in [1.54, 1.807) is 36.4 Å². The van der Waals surface area contributed by atoms with Crippen molar-refractivity contribution in [1.82, 2.24) is 0 Å². The van der Waals surface area contributed by atoms with E-state index in [-0.39, 0.29) is 6.61 Å².